The minimum Gasteiger partial charge on any atom is -0.198 e. The van der Waals surface area contributed by atoms with E-state index >= 15 is 0 Å². The maximum absolute atomic E-state index is 12.0. The van der Waals surface area contributed by atoms with E-state index in [0.29, 0.717) is 5.56 Å². The van der Waals surface area contributed by atoms with Gasteiger partial charge in [0.05, 0.1) is 23.6 Å². The normalized spacial score (nSPS) is 12.5. The second kappa shape index (κ2) is 6.07. The van der Waals surface area contributed by atoms with Crippen molar-refractivity contribution in [1.82, 2.24) is 0 Å². The van der Waals surface area contributed by atoms with Gasteiger partial charge < -0.3 is 0 Å². The smallest absolute Gasteiger partial charge is 0.198 e. The second-order valence-corrected chi connectivity index (χ2v) is 3.99. The zero-order valence-corrected chi connectivity index (χ0v) is 9.54. The predicted octanol–water partition coefficient (Wildman–Crippen LogP) is 3.58. The second-order valence-electron chi connectivity index (χ2n) is 3.99. The van der Waals surface area contributed by atoms with Gasteiger partial charge in [-0.25, -0.2) is 0 Å². The summed E-state index contributed by atoms with van der Waals surface area (Å²) in [6, 6.07) is 10.3. The Morgan fingerprint density at radius 2 is 1.72 bits per heavy atom. The van der Waals surface area contributed by atoms with Gasteiger partial charge in [-0.2, -0.15) is 23.7 Å². The molecule has 0 saturated heterocycles. The SMILES string of the molecule is N#Cc1ccc(CC(C#N)CCC(F)(F)F)cc1. The van der Waals surface area contributed by atoms with E-state index in [-0.39, 0.29) is 12.8 Å². The van der Waals surface area contributed by atoms with E-state index in [9.17, 15) is 13.2 Å². The topological polar surface area (TPSA) is 47.6 Å². The summed E-state index contributed by atoms with van der Waals surface area (Å²) in [7, 11) is 0. The molecule has 1 unspecified atom stereocenters. The Balaban J connectivity index is 2.58. The molecule has 0 saturated carbocycles. The highest BCUT2D eigenvalue weighted by atomic mass is 19.4. The Labute approximate surface area is 103 Å². The Hall–Kier alpha value is -2.01. The lowest BCUT2D eigenvalue weighted by molar-refractivity contribution is -0.136. The maximum Gasteiger partial charge on any atom is 0.389 e. The van der Waals surface area contributed by atoms with Crippen LogP contribution in [-0.2, 0) is 6.42 Å². The van der Waals surface area contributed by atoms with Crippen molar-refractivity contribution < 1.29 is 13.2 Å². The fraction of sp³-hybridized carbons (Fsp3) is 0.385. The van der Waals surface area contributed by atoms with Crippen LogP contribution >= 0.6 is 0 Å². The van der Waals surface area contributed by atoms with Crippen molar-refractivity contribution in [2.75, 3.05) is 0 Å². The van der Waals surface area contributed by atoms with Gasteiger partial charge in [0.15, 0.2) is 0 Å². The van der Waals surface area contributed by atoms with Crippen LogP contribution < -0.4 is 0 Å². The van der Waals surface area contributed by atoms with E-state index in [1.54, 1.807) is 24.3 Å². The lowest BCUT2D eigenvalue weighted by atomic mass is 9.95. The van der Waals surface area contributed by atoms with E-state index in [1.807, 2.05) is 12.1 Å². The first-order chi connectivity index (χ1) is 8.44. The van der Waals surface area contributed by atoms with E-state index in [0.717, 1.165) is 5.56 Å². The van der Waals surface area contributed by atoms with Crippen LogP contribution in [0.2, 0.25) is 0 Å². The molecular weight excluding hydrogens is 241 g/mol. The summed E-state index contributed by atoms with van der Waals surface area (Å²) in [6.45, 7) is 0. The van der Waals surface area contributed by atoms with Gasteiger partial charge in [0.1, 0.15) is 0 Å². The van der Waals surface area contributed by atoms with Crippen molar-refractivity contribution in [3.63, 3.8) is 0 Å². The average molecular weight is 252 g/mol. The van der Waals surface area contributed by atoms with Crippen LogP contribution in [0.1, 0.15) is 24.0 Å². The molecule has 2 nitrogen and oxygen atoms in total. The molecule has 0 heterocycles. The Kier molecular flexibility index (Phi) is 4.74. The van der Waals surface area contributed by atoms with Gasteiger partial charge in [-0.15, -0.1) is 0 Å². The lowest BCUT2D eigenvalue weighted by Crippen LogP contribution is -2.11. The zero-order chi connectivity index (χ0) is 13.6. The largest absolute Gasteiger partial charge is 0.389 e. The molecule has 0 radical (unpaired) electrons. The van der Waals surface area contributed by atoms with E-state index in [2.05, 4.69) is 0 Å². The van der Waals surface area contributed by atoms with Gasteiger partial charge in [-0.05, 0) is 30.5 Å². The molecule has 0 aliphatic rings. The van der Waals surface area contributed by atoms with Crippen LogP contribution in [0.25, 0.3) is 0 Å². The standard InChI is InChI=1S/C13H11F3N2/c14-13(15,16)6-5-12(9-18)7-10-1-3-11(8-17)4-2-10/h1-4,12H,5-7H2. The average Bonchev–Trinajstić information content (AvgIpc) is 2.34. The molecule has 0 spiro atoms. The highest BCUT2D eigenvalue weighted by molar-refractivity contribution is 5.31. The minimum absolute atomic E-state index is 0.194. The first-order valence-corrected chi connectivity index (χ1v) is 5.40. The Bertz CT molecular complexity index is 463. The third-order valence-electron chi connectivity index (χ3n) is 2.52. The molecule has 0 amide bonds. The first-order valence-electron chi connectivity index (χ1n) is 5.40. The van der Waals surface area contributed by atoms with Crippen LogP contribution in [0, 0.1) is 28.6 Å². The van der Waals surface area contributed by atoms with Crippen molar-refractivity contribution >= 4 is 0 Å². The number of alkyl halides is 3. The van der Waals surface area contributed by atoms with Gasteiger partial charge in [-0.1, -0.05) is 12.1 Å². The van der Waals surface area contributed by atoms with Gasteiger partial charge in [0, 0.05) is 6.42 Å². The van der Waals surface area contributed by atoms with Crippen LogP contribution in [0.5, 0.6) is 0 Å². The lowest BCUT2D eigenvalue weighted by Gasteiger charge is -2.11. The van der Waals surface area contributed by atoms with Gasteiger partial charge in [0.25, 0.3) is 0 Å². The van der Waals surface area contributed by atoms with Crippen LogP contribution in [0.15, 0.2) is 24.3 Å². The molecule has 0 aliphatic carbocycles. The summed E-state index contributed by atoms with van der Waals surface area (Å²) >= 11 is 0. The summed E-state index contributed by atoms with van der Waals surface area (Å²) in [5.74, 6) is -0.653. The van der Waals surface area contributed by atoms with Crippen molar-refractivity contribution in [2.45, 2.75) is 25.4 Å². The number of nitrogens with zero attached hydrogens (tertiary/aromatic N) is 2. The number of hydrogen-bond acceptors (Lipinski definition) is 2. The minimum atomic E-state index is -4.22. The maximum atomic E-state index is 12.0. The fourth-order valence-corrected chi connectivity index (χ4v) is 1.55. The van der Waals surface area contributed by atoms with Gasteiger partial charge >= 0.3 is 6.18 Å². The Morgan fingerprint density at radius 3 is 2.17 bits per heavy atom. The summed E-state index contributed by atoms with van der Waals surface area (Å²) in [5, 5.41) is 17.4. The van der Waals surface area contributed by atoms with Crippen LogP contribution in [0.3, 0.4) is 0 Å². The number of hydrogen-bond donors (Lipinski definition) is 0. The van der Waals surface area contributed by atoms with Crippen LogP contribution in [0.4, 0.5) is 13.2 Å². The zero-order valence-electron chi connectivity index (χ0n) is 9.54. The van der Waals surface area contributed by atoms with E-state index in [1.165, 1.54) is 0 Å². The van der Waals surface area contributed by atoms with E-state index in [4.69, 9.17) is 10.5 Å². The molecule has 1 aromatic carbocycles. The highest BCUT2D eigenvalue weighted by Gasteiger charge is 2.28. The summed E-state index contributed by atoms with van der Waals surface area (Å²) in [5.41, 5.74) is 1.25. The van der Waals surface area contributed by atoms with Gasteiger partial charge in [0.2, 0.25) is 0 Å². The molecule has 94 valence electrons. The van der Waals surface area contributed by atoms with Gasteiger partial charge in [-0.3, -0.25) is 0 Å². The summed E-state index contributed by atoms with van der Waals surface area (Å²) in [4.78, 5) is 0. The first kappa shape index (κ1) is 14.1. The predicted molar refractivity (Wildman–Crippen MR) is 59.3 cm³/mol. The molecule has 5 heteroatoms. The summed E-state index contributed by atoms with van der Waals surface area (Å²) < 4.78 is 36.1. The van der Waals surface area contributed by atoms with Crippen molar-refractivity contribution in [3.8, 4) is 12.1 Å². The quantitative estimate of drug-likeness (QED) is 0.822. The number of nitriles is 2. The molecule has 1 atom stereocenters. The Morgan fingerprint density at radius 1 is 1.11 bits per heavy atom. The molecule has 0 N–H and O–H groups in total. The number of benzene rings is 1. The molecule has 18 heavy (non-hydrogen) atoms. The molecule has 0 fully saturated rings. The van der Waals surface area contributed by atoms with Crippen LogP contribution in [-0.4, -0.2) is 6.18 Å². The third kappa shape index (κ3) is 4.88. The van der Waals surface area contributed by atoms with Crippen molar-refractivity contribution in [3.05, 3.63) is 35.4 Å². The van der Waals surface area contributed by atoms with E-state index < -0.39 is 18.5 Å². The number of halogens is 3. The van der Waals surface area contributed by atoms with Crippen molar-refractivity contribution in [1.29, 1.82) is 10.5 Å². The third-order valence-corrected chi connectivity index (χ3v) is 2.52. The monoisotopic (exact) mass is 252 g/mol. The molecular formula is C13H11F3N2. The molecule has 1 rings (SSSR count). The fourth-order valence-electron chi connectivity index (χ4n) is 1.55. The highest BCUT2D eigenvalue weighted by Crippen LogP contribution is 2.25. The number of rotatable bonds is 4. The molecule has 0 bridgehead atoms. The molecule has 0 aliphatic heterocycles. The summed E-state index contributed by atoms with van der Waals surface area (Å²) in [6.07, 6.45) is -5.08. The molecule has 1 aromatic rings. The van der Waals surface area contributed by atoms with Crippen molar-refractivity contribution in [2.24, 2.45) is 5.92 Å². The molecule has 0 aromatic heterocycles.